The van der Waals surface area contributed by atoms with Crippen LogP contribution in [-0.4, -0.2) is 62.7 Å². The van der Waals surface area contributed by atoms with E-state index in [4.69, 9.17) is 9.47 Å². The van der Waals surface area contributed by atoms with Crippen molar-refractivity contribution in [1.82, 2.24) is 8.87 Å². The number of carbonyl (C=O) groups is 1. The van der Waals surface area contributed by atoms with Crippen LogP contribution in [-0.2, 0) is 26.0 Å². The number of likely N-dealkylation sites (N-methyl/N-ethyl adjacent to an activating group) is 1. The van der Waals surface area contributed by atoms with Crippen molar-refractivity contribution < 1.29 is 27.1 Å². The van der Waals surface area contributed by atoms with Gasteiger partial charge in [0.05, 0.1) is 27.8 Å². The minimum atomic E-state index is -3.72. The molecule has 1 aliphatic rings. The molecule has 0 spiro atoms. The quantitative estimate of drug-likeness (QED) is 0.403. The van der Waals surface area contributed by atoms with Gasteiger partial charge in [-0.1, -0.05) is 17.4 Å². The molecule has 3 aromatic rings. The average Bonchev–Trinajstić information content (AvgIpc) is 3.48. The zero-order valence-electron chi connectivity index (χ0n) is 19.6. The molecule has 1 aromatic heterocycles. The molecule has 2 aromatic carbocycles. The fourth-order valence-corrected chi connectivity index (χ4v) is 6.23. The Kier molecular flexibility index (Phi) is 8.12. The predicted octanol–water partition coefficient (Wildman–Crippen LogP) is 3.42. The maximum absolute atomic E-state index is 14.5. The number of benzene rings is 2. The van der Waals surface area contributed by atoms with Gasteiger partial charge in [-0.15, -0.1) is 0 Å². The van der Waals surface area contributed by atoms with E-state index in [-0.39, 0.29) is 23.1 Å². The van der Waals surface area contributed by atoms with Gasteiger partial charge in [-0.2, -0.15) is 9.30 Å². The lowest BCUT2D eigenvalue weighted by Gasteiger charge is -2.20. The number of hydrogen-bond donors (Lipinski definition) is 0. The van der Waals surface area contributed by atoms with E-state index in [1.54, 1.807) is 16.7 Å². The van der Waals surface area contributed by atoms with Crippen LogP contribution in [0.3, 0.4) is 0 Å². The highest BCUT2D eigenvalue weighted by atomic mass is 32.2. The van der Waals surface area contributed by atoms with Crippen LogP contribution in [0.4, 0.5) is 4.39 Å². The van der Waals surface area contributed by atoms with Gasteiger partial charge in [0.15, 0.2) is 4.80 Å². The lowest BCUT2D eigenvalue weighted by atomic mass is 10.2. The Bertz CT molecular complexity index is 1360. The first-order chi connectivity index (χ1) is 16.8. The number of aromatic nitrogens is 1. The van der Waals surface area contributed by atoms with E-state index in [9.17, 15) is 17.6 Å². The molecule has 35 heavy (non-hydrogen) atoms. The summed E-state index contributed by atoms with van der Waals surface area (Å²) >= 11 is 1.21. The highest BCUT2D eigenvalue weighted by molar-refractivity contribution is 7.89. The van der Waals surface area contributed by atoms with E-state index in [0.717, 1.165) is 12.8 Å². The van der Waals surface area contributed by atoms with Crippen LogP contribution in [0.5, 0.6) is 0 Å². The molecule has 4 rings (SSSR count). The van der Waals surface area contributed by atoms with E-state index in [2.05, 4.69) is 4.99 Å². The standard InChI is InChI=1S/C24H28FN3O5S2/c1-3-32-15-13-28-22-20(25)7-4-8-21(22)34-24(28)26-23(29)17-9-11-19(12-10-17)35(30,31)27(2)16-18-6-5-14-33-18/h4,7-12,18H,3,5-6,13-16H2,1-2H3. The van der Waals surface area contributed by atoms with E-state index in [1.807, 2.05) is 6.92 Å². The lowest BCUT2D eigenvalue weighted by molar-refractivity contribution is 0.0979. The van der Waals surface area contributed by atoms with Crippen molar-refractivity contribution >= 4 is 37.5 Å². The van der Waals surface area contributed by atoms with Crippen molar-refractivity contribution in [2.24, 2.45) is 4.99 Å². The van der Waals surface area contributed by atoms with Gasteiger partial charge in [0.2, 0.25) is 10.0 Å². The lowest BCUT2D eigenvalue weighted by Crippen LogP contribution is -2.34. The Hall–Kier alpha value is -2.44. The second-order valence-corrected chi connectivity index (χ2v) is 11.2. The number of nitrogens with zero attached hydrogens (tertiary/aromatic N) is 3. The predicted molar refractivity (Wildman–Crippen MR) is 131 cm³/mol. The second-order valence-electron chi connectivity index (χ2n) is 8.18. The first-order valence-corrected chi connectivity index (χ1v) is 13.7. The number of para-hydroxylation sites is 1. The Morgan fingerprint density at radius 1 is 1.29 bits per heavy atom. The first kappa shape index (κ1) is 25.6. The third-order valence-electron chi connectivity index (χ3n) is 5.81. The second kappa shape index (κ2) is 11.1. The number of thiazole rings is 1. The van der Waals surface area contributed by atoms with Gasteiger partial charge in [0.25, 0.3) is 5.91 Å². The molecule has 1 amide bonds. The highest BCUT2D eigenvalue weighted by Crippen LogP contribution is 2.22. The van der Waals surface area contributed by atoms with Gasteiger partial charge in [-0.3, -0.25) is 4.79 Å². The first-order valence-electron chi connectivity index (χ1n) is 11.4. The van der Waals surface area contributed by atoms with Crippen LogP contribution in [0.15, 0.2) is 52.4 Å². The Morgan fingerprint density at radius 3 is 2.74 bits per heavy atom. The molecule has 0 N–H and O–H groups in total. The summed E-state index contributed by atoms with van der Waals surface area (Å²) in [6.07, 6.45) is 1.66. The molecule has 1 unspecified atom stereocenters. The van der Waals surface area contributed by atoms with Crippen molar-refractivity contribution in [1.29, 1.82) is 0 Å². The van der Waals surface area contributed by atoms with Crippen LogP contribution in [0.1, 0.15) is 30.1 Å². The third-order valence-corrected chi connectivity index (χ3v) is 8.69. The number of sulfonamides is 1. The third kappa shape index (κ3) is 5.70. The smallest absolute Gasteiger partial charge is 0.279 e. The molecule has 0 aliphatic carbocycles. The molecule has 1 saturated heterocycles. The van der Waals surface area contributed by atoms with Gasteiger partial charge in [0.1, 0.15) is 5.82 Å². The number of hydrogen-bond acceptors (Lipinski definition) is 6. The molecule has 2 heterocycles. The summed E-state index contributed by atoms with van der Waals surface area (Å²) in [6, 6.07) is 10.4. The molecule has 0 saturated carbocycles. The molecule has 1 fully saturated rings. The topological polar surface area (TPSA) is 90.2 Å². The van der Waals surface area contributed by atoms with Crippen LogP contribution in [0, 0.1) is 5.82 Å². The summed E-state index contributed by atoms with van der Waals surface area (Å²) in [6.45, 7) is 4.02. The monoisotopic (exact) mass is 521 g/mol. The van der Waals surface area contributed by atoms with Gasteiger partial charge >= 0.3 is 0 Å². The fraction of sp³-hybridized carbons (Fsp3) is 0.417. The molecule has 11 heteroatoms. The van der Waals surface area contributed by atoms with Crippen LogP contribution in [0.25, 0.3) is 10.2 Å². The van der Waals surface area contributed by atoms with Crippen molar-refractivity contribution in [2.45, 2.75) is 37.3 Å². The summed E-state index contributed by atoms with van der Waals surface area (Å²) in [5.41, 5.74) is 0.611. The molecule has 188 valence electrons. The molecular weight excluding hydrogens is 493 g/mol. The van der Waals surface area contributed by atoms with Gasteiger partial charge < -0.3 is 14.0 Å². The fourth-order valence-electron chi connectivity index (χ4n) is 3.95. The largest absolute Gasteiger partial charge is 0.380 e. The van der Waals surface area contributed by atoms with Gasteiger partial charge in [-0.05, 0) is 56.2 Å². The normalized spacial score (nSPS) is 17.0. The number of carbonyl (C=O) groups excluding carboxylic acids is 1. The Balaban J connectivity index is 1.59. The number of amides is 1. The van der Waals surface area contributed by atoms with E-state index in [1.165, 1.54) is 53.0 Å². The highest BCUT2D eigenvalue weighted by Gasteiger charge is 2.26. The Morgan fingerprint density at radius 2 is 2.06 bits per heavy atom. The number of fused-ring (bicyclic) bond motifs is 1. The van der Waals surface area contributed by atoms with E-state index < -0.39 is 21.7 Å². The summed E-state index contributed by atoms with van der Waals surface area (Å²) in [5, 5.41) is 0. The van der Waals surface area contributed by atoms with Gasteiger partial charge in [-0.25, -0.2) is 12.8 Å². The van der Waals surface area contributed by atoms with Crippen molar-refractivity contribution in [3.8, 4) is 0 Å². The SMILES string of the molecule is CCOCCn1c(=NC(=O)c2ccc(S(=O)(=O)N(C)CC3CCCO3)cc2)sc2cccc(F)c21. The van der Waals surface area contributed by atoms with Crippen LogP contribution < -0.4 is 4.80 Å². The molecule has 0 radical (unpaired) electrons. The zero-order chi connectivity index (χ0) is 25.0. The minimum absolute atomic E-state index is 0.0882. The summed E-state index contributed by atoms with van der Waals surface area (Å²) in [4.78, 5) is 17.6. The molecule has 0 bridgehead atoms. The minimum Gasteiger partial charge on any atom is -0.380 e. The molecule has 1 aliphatic heterocycles. The summed E-state index contributed by atoms with van der Waals surface area (Å²) in [7, 11) is -2.19. The maximum Gasteiger partial charge on any atom is 0.279 e. The number of halogens is 1. The van der Waals surface area contributed by atoms with Crippen molar-refractivity contribution in [2.75, 3.05) is 33.4 Å². The maximum atomic E-state index is 14.5. The van der Waals surface area contributed by atoms with Gasteiger partial charge in [0, 0.05) is 38.9 Å². The van der Waals surface area contributed by atoms with E-state index in [0.29, 0.717) is 41.4 Å². The number of rotatable bonds is 9. The van der Waals surface area contributed by atoms with E-state index >= 15 is 0 Å². The summed E-state index contributed by atoms with van der Waals surface area (Å²) in [5.74, 6) is -0.940. The zero-order valence-corrected chi connectivity index (χ0v) is 21.3. The molecule has 1 atom stereocenters. The van der Waals surface area contributed by atoms with Crippen LogP contribution in [0.2, 0.25) is 0 Å². The Labute approximate surface area is 207 Å². The molecule has 8 nitrogen and oxygen atoms in total. The van der Waals surface area contributed by atoms with Crippen LogP contribution >= 0.6 is 11.3 Å². The van der Waals surface area contributed by atoms with Crippen molar-refractivity contribution in [3.05, 3.63) is 58.6 Å². The summed E-state index contributed by atoms with van der Waals surface area (Å²) < 4.78 is 54.9. The molecular formula is C24H28FN3O5S2. The number of ether oxygens (including phenoxy) is 2. The average molecular weight is 522 g/mol. The van der Waals surface area contributed by atoms with Crippen molar-refractivity contribution in [3.63, 3.8) is 0 Å².